The number of rotatable bonds is 4. The number of hydrogen-bond acceptors (Lipinski definition) is 6. The number of para-hydroxylation sites is 2. The van der Waals surface area contributed by atoms with Crippen LogP contribution in [0.2, 0.25) is 0 Å². The molecule has 9 heteroatoms. The molecule has 1 heterocycles. The highest BCUT2D eigenvalue weighted by Crippen LogP contribution is 2.44. The third-order valence-electron chi connectivity index (χ3n) is 4.59. The molecule has 0 atom stereocenters. The number of nitro benzene ring substituents is 2. The van der Waals surface area contributed by atoms with Crippen molar-refractivity contribution in [3.05, 3.63) is 98.1 Å². The number of ether oxygens (including phenoxy) is 1. The van der Waals surface area contributed by atoms with Crippen LogP contribution in [0.5, 0.6) is 11.5 Å². The van der Waals surface area contributed by atoms with Gasteiger partial charge < -0.3 is 10.1 Å². The first-order valence-electron chi connectivity index (χ1n) is 8.55. The van der Waals surface area contributed by atoms with Gasteiger partial charge in [0.15, 0.2) is 0 Å². The molecule has 0 saturated heterocycles. The summed E-state index contributed by atoms with van der Waals surface area (Å²) in [4.78, 5) is 33.9. The van der Waals surface area contributed by atoms with Crippen LogP contribution in [-0.2, 0) is 4.79 Å². The van der Waals surface area contributed by atoms with Gasteiger partial charge in [-0.3, -0.25) is 25.0 Å². The maximum absolute atomic E-state index is 13.2. The van der Waals surface area contributed by atoms with Gasteiger partial charge >= 0.3 is 0 Å². The lowest BCUT2D eigenvalue weighted by Gasteiger charge is -2.27. The van der Waals surface area contributed by atoms with E-state index < -0.39 is 33.0 Å². The second-order valence-corrected chi connectivity index (χ2v) is 6.32. The predicted octanol–water partition coefficient (Wildman–Crippen LogP) is 4.38. The van der Waals surface area contributed by atoms with E-state index in [0.717, 1.165) is 18.2 Å². The SMILES string of the molecule is O=C(Nc1ccc([N+](=O)[O-])cc1[N+](=O)[O-])C1c2ccccc2Oc2ccccc21. The fraction of sp³-hybridized carbons (Fsp3) is 0.0500. The van der Waals surface area contributed by atoms with Crippen LogP contribution in [0.15, 0.2) is 66.7 Å². The van der Waals surface area contributed by atoms with Gasteiger partial charge in [0, 0.05) is 17.2 Å². The number of anilines is 1. The third kappa shape index (κ3) is 3.25. The van der Waals surface area contributed by atoms with Gasteiger partial charge in [0.25, 0.3) is 11.4 Å². The zero-order valence-corrected chi connectivity index (χ0v) is 14.8. The van der Waals surface area contributed by atoms with Gasteiger partial charge in [-0.25, -0.2) is 0 Å². The highest BCUT2D eigenvalue weighted by Gasteiger charge is 2.33. The molecule has 0 aromatic heterocycles. The normalized spacial score (nSPS) is 12.3. The Bertz CT molecular complexity index is 1110. The molecule has 0 aliphatic carbocycles. The van der Waals surface area contributed by atoms with E-state index in [9.17, 15) is 25.0 Å². The van der Waals surface area contributed by atoms with Crippen LogP contribution in [0, 0.1) is 20.2 Å². The van der Waals surface area contributed by atoms with E-state index in [0.29, 0.717) is 22.6 Å². The van der Waals surface area contributed by atoms with E-state index >= 15 is 0 Å². The van der Waals surface area contributed by atoms with Gasteiger partial charge in [-0.1, -0.05) is 36.4 Å². The fourth-order valence-corrected chi connectivity index (χ4v) is 3.29. The first-order chi connectivity index (χ1) is 14.0. The minimum Gasteiger partial charge on any atom is -0.457 e. The third-order valence-corrected chi connectivity index (χ3v) is 4.59. The molecule has 1 N–H and O–H groups in total. The standard InChI is InChI=1S/C20H13N3O6/c24-20(21-15-10-9-12(22(25)26)11-16(15)23(27)28)19-13-5-1-3-7-17(13)29-18-8-4-2-6-14(18)19/h1-11,19H,(H,21,24). The number of hydrogen-bond donors (Lipinski definition) is 1. The van der Waals surface area contributed by atoms with E-state index in [1.807, 2.05) is 0 Å². The van der Waals surface area contributed by atoms with Crippen molar-refractivity contribution < 1.29 is 19.4 Å². The molecule has 4 rings (SSSR count). The quantitative estimate of drug-likeness (QED) is 0.520. The van der Waals surface area contributed by atoms with Gasteiger partial charge in [-0.15, -0.1) is 0 Å². The number of non-ortho nitro benzene ring substituents is 1. The zero-order chi connectivity index (χ0) is 20.5. The number of nitrogens with one attached hydrogen (secondary N) is 1. The second-order valence-electron chi connectivity index (χ2n) is 6.32. The molecule has 144 valence electrons. The Kier molecular flexibility index (Phi) is 4.40. The van der Waals surface area contributed by atoms with E-state index in [1.54, 1.807) is 48.5 Å². The molecule has 1 amide bonds. The Morgan fingerprint density at radius 2 is 1.45 bits per heavy atom. The Balaban J connectivity index is 1.75. The van der Waals surface area contributed by atoms with Crippen molar-refractivity contribution in [2.24, 2.45) is 0 Å². The van der Waals surface area contributed by atoms with Gasteiger partial charge in [-0.05, 0) is 18.2 Å². The molecule has 0 radical (unpaired) electrons. The molecule has 0 unspecified atom stereocenters. The average Bonchev–Trinajstić information content (AvgIpc) is 2.71. The molecule has 3 aromatic carbocycles. The molecule has 0 fully saturated rings. The lowest BCUT2D eigenvalue weighted by Crippen LogP contribution is -2.25. The molecule has 1 aliphatic heterocycles. The lowest BCUT2D eigenvalue weighted by molar-refractivity contribution is -0.393. The Labute approximate surface area is 163 Å². The summed E-state index contributed by atoms with van der Waals surface area (Å²) >= 11 is 0. The van der Waals surface area contributed by atoms with E-state index in [2.05, 4.69) is 5.32 Å². The largest absolute Gasteiger partial charge is 0.457 e. The van der Waals surface area contributed by atoms with Gasteiger partial charge in [0.2, 0.25) is 5.91 Å². The van der Waals surface area contributed by atoms with Crippen molar-refractivity contribution in [1.82, 2.24) is 0 Å². The molecule has 0 bridgehead atoms. The smallest absolute Gasteiger partial charge is 0.299 e. The molecular formula is C20H13N3O6. The van der Waals surface area contributed by atoms with E-state index in [1.165, 1.54) is 0 Å². The van der Waals surface area contributed by atoms with Crippen molar-refractivity contribution >= 4 is 23.0 Å². The summed E-state index contributed by atoms with van der Waals surface area (Å²) in [6.45, 7) is 0. The first kappa shape index (κ1) is 18.1. The Hall–Kier alpha value is -4.27. The van der Waals surface area contributed by atoms with E-state index in [-0.39, 0.29) is 5.69 Å². The number of benzene rings is 3. The minimum atomic E-state index is -0.769. The summed E-state index contributed by atoms with van der Waals surface area (Å²) in [5, 5.41) is 24.8. The van der Waals surface area contributed by atoms with Gasteiger partial charge in [0.1, 0.15) is 17.2 Å². The molecule has 9 nitrogen and oxygen atoms in total. The minimum absolute atomic E-state index is 0.118. The average molecular weight is 391 g/mol. The van der Waals surface area contributed by atoms with Crippen LogP contribution >= 0.6 is 0 Å². The van der Waals surface area contributed by atoms with Crippen LogP contribution in [0.25, 0.3) is 0 Å². The van der Waals surface area contributed by atoms with Crippen molar-refractivity contribution in [3.8, 4) is 11.5 Å². The number of nitrogens with zero attached hydrogens (tertiary/aromatic N) is 2. The zero-order valence-electron chi connectivity index (χ0n) is 14.8. The number of fused-ring (bicyclic) bond motifs is 2. The highest BCUT2D eigenvalue weighted by atomic mass is 16.6. The molecule has 1 aliphatic rings. The fourth-order valence-electron chi connectivity index (χ4n) is 3.29. The maximum Gasteiger partial charge on any atom is 0.299 e. The summed E-state index contributed by atoms with van der Waals surface area (Å²) in [6, 6.07) is 17.2. The number of amides is 1. The van der Waals surface area contributed by atoms with Gasteiger partial charge in [-0.2, -0.15) is 0 Å². The van der Waals surface area contributed by atoms with Crippen molar-refractivity contribution in [1.29, 1.82) is 0 Å². The van der Waals surface area contributed by atoms with Crippen molar-refractivity contribution in [2.75, 3.05) is 5.32 Å². The van der Waals surface area contributed by atoms with Crippen LogP contribution in [0.1, 0.15) is 17.0 Å². The van der Waals surface area contributed by atoms with Crippen LogP contribution in [0.3, 0.4) is 0 Å². The summed E-state index contributed by atoms with van der Waals surface area (Å²) < 4.78 is 5.85. The molecule has 0 saturated carbocycles. The lowest BCUT2D eigenvalue weighted by atomic mass is 9.87. The van der Waals surface area contributed by atoms with Gasteiger partial charge in [0.05, 0.1) is 21.8 Å². The van der Waals surface area contributed by atoms with Crippen LogP contribution < -0.4 is 10.1 Å². The Morgan fingerprint density at radius 3 is 2.00 bits per heavy atom. The summed E-state index contributed by atoms with van der Waals surface area (Å²) in [7, 11) is 0. The first-order valence-corrected chi connectivity index (χ1v) is 8.55. The highest BCUT2D eigenvalue weighted by molar-refractivity contribution is 6.01. The van der Waals surface area contributed by atoms with Crippen molar-refractivity contribution in [2.45, 2.75) is 5.92 Å². The summed E-state index contributed by atoms with van der Waals surface area (Å²) in [6.07, 6.45) is 0. The molecular weight excluding hydrogens is 378 g/mol. The van der Waals surface area contributed by atoms with E-state index in [4.69, 9.17) is 4.74 Å². The number of carbonyl (C=O) groups excluding carboxylic acids is 1. The second kappa shape index (κ2) is 7.04. The predicted molar refractivity (Wildman–Crippen MR) is 103 cm³/mol. The number of nitro groups is 2. The van der Waals surface area contributed by atoms with Crippen LogP contribution in [-0.4, -0.2) is 15.8 Å². The number of carbonyl (C=O) groups is 1. The monoisotopic (exact) mass is 391 g/mol. The molecule has 29 heavy (non-hydrogen) atoms. The van der Waals surface area contributed by atoms with Crippen molar-refractivity contribution in [3.63, 3.8) is 0 Å². The Morgan fingerprint density at radius 1 is 0.862 bits per heavy atom. The molecule has 0 spiro atoms. The maximum atomic E-state index is 13.2. The summed E-state index contributed by atoms with van der Waals surface area (Å²) in [5.41, 5.74) is 0.131. The molecule has 3 aromatic rings. The summed E-state index contributed by atoms with van der Waals surface area (Å²) in [5.74, 6) is -0.231. The van der Waals surface area contributed by atoms with Crippen LogP contribution in [0.4, 0.5) is 17.1 Å². The topological polar surface area (TPSA) is 125 Å².